The number of nitrogens with two attached hydrogens (primary N) is 1. The van der Waals surface area contributed by atoms with Crippen LogP contribution < -0.4 is 10.5 Å². The number of rotatable bonds is 3. The van der Waals surface area contributed by atoms with Gasteiger partial charge in [-0.2, -0.15) is 0 Å². The number of hydrogen-bond acceptors (Lipinski definition) is 3. The van der Waals surface area contributed by atoms with E-state index in [1.807, 2.05) is 6.92 Å². The van der Waals surface area contributed by atoms with E-state index in [1.54, 1.807) is 12.1 Å². The minimum absolute atomic E-state index is 0.0728. The van der Waals surface area contributed by atoms with E-state index in [1.165, 1.54) is 6.07 Å². The van der Waals surface area contributed by atoms with E-state index in [0.29, 0.717) is 18.0 Å². The molecule has 0 bridgehead atoms. The van der Waals surface area contributed by atoms with Crippen LogP contribution in [0.15, 0.2) is 18.2 Å². The van der Waals surface area contributed by atoms with E-state index in [-0.39, 0.29) is 5.75 Å². The number of ether oxygens (including phenoxy) is 1. The highest BCUT2D eigenvalue weighted by Crippen LogP contribution is 2.29. The summed E-state index contributed by atoms with van der Waals surface area (Å²) in [6.07, 6.45) is 0.926. The van der Waals surface area contributed by atoms with E-state index in [9.17, 15) is 5.11 Å². The molecule has 0 unspecified atom stereocenters. The molecule has 0 aliphatic heterocycles. The Kier molecular flexibility index (Phi) is 2.80. The van der Waals surface area contributed by atoms with E-state index >= 15 is 0 Å². The summed E-state index contributed by atoms with van der Waals surface area (Å²) in [6.45, 7) is 2.63. The fourth-order valence-corrected chi connectivity index (χ4v) is 0.870. The Morgan fingerprint density at radius 2 is 2.25 bits per heavy atom. The highest BCUT2D eigenvalue weighted by atomic mass is 16.5. The van der Waals surface area contributed by atoms with Crippen molar-refractivity contribution >= 4 is 5.69 Å². The number of aromatic hydroxyl groups is 1. The molecule has 0 aliphatic rings. The van der Waals surface area contributed by atoms with Crippen LogP contribution in [-0.2, 0) is 0 Å². The number of anilines is 1. The van der Waals surface area contributed by atoms with E-state index < -0.39 is 0 Å². The molecule has 0 radical (unpaired) electrons. The Balaban J connectivity index is 2.78. The van der Waals surface area contributed by atoms with Gasteiger partial charge in [-0.3, -0.25) is 0 Å². The zero-order chi connectivity index (χ0) is 8.97. The first-order valence-corrected chi connectivity index (χ1v) is 3.96. The lowest BCUT2D eigenvalue weighted by Gasteiger charge is -2.07. The number of nitrogen functional groups attached to an aromatic ring is 1. The van der Waals surface area contributed by atoms with Gasteiger partial charge in [-0.25, -0.2) is 0 Å². The maximum absolute atomic E-state index is 9.19. The Morgan fingerprint density at radius 1 is 1.50 bits per heavy atom. The summed E-state index contributed by atoms with van der Waals surface area (Å²) >= 11 is 0. The molecule has 1 rings (SSSR count). The highest BCUT2D eigenvalue weighted by Gasteiger charge is 2.02. The minimum atomic E-state index is 0.0728. The molecule has 0 fully saturated rings. The van der Waals surface area contributed by atoms with Crippen molar-refractivity contribution in [1.82, 2.24) is 0 Å². The van der Waals surface area contributed by atoms with Crippen LogP contribution in [0.5, 0.6) is 11.5 Å². The van der Waals surface area contributed by atoms with Gasteiger partial charge in [-0.15, -0.1) is 0 Å². The van der Waals surface area contributed by atoms with Crippen LogP contribution in [0.1, 0.15) is 13.3 Å². The van der Waals surface area contributed by atoms with Gasteiger partial charge in [0.05, 0.1) is 6.61 Å². The molecular formula is C9H13NO2. The van der Waals surface area contributed by atoms with Crippen LogP contribution in [0.2, 0.25) is 0 Å². The lowest BCUT2D eigenvalue weighted by atomic mass is 10.3. The SMILES string of the molecule is CCCOc1cccc(O)c1N. The number of phenols is 1. The van der Waals surface area contributed by atoms with Crippen molar-refractivity contribution in [3.05, 3.63) is 18.2 Å². The quantitative estimate of drug-likeness (QED) is 0.532. The molecule has 1 aromatic rings. The lowest BCUT2D eigenvalue weighted by Crippen LogP contribution is -1.98. The predicted octanol–water partition coefficient (Wildman–Crippen LogP) is 1.76. The number of para-hydroxylation sites is 1. The Hall–Kier alpha value is -1.38. The fraction of sp³-hybridized carbons (Fsp3) is 0.333. The van der Waals surface area contributed by atoms with Crippen molar-refractivity contribution in [3.63, 3.8) is 0 Å². The van der Waals surface area contributed by atoms with Gasteiger partial charge in [0.1, 0.15) is 17.2 Å². The van der Waals surface area contributed by atoms with Gasteiger partial charge in [0.25, 0.3) is 0 Å². The van der Waals surface area contributed by atoms with Crippen LogP contribution in [-0.4, -0.2) is 11.7 Å². The third kappa shape index (κ3) is 1.81. The van der Waals surface area contributed by atoms with Crippen LogP contribution in [0.25, 0.3) is 0 Å². The van der Waals surface area contributed by atoms with Crippen molar-refractivity contribution in [3.8, 4) is 11.5 Å². The van der Waals surface area contributed by atoms with Crippen LogP contribution in [0.3, 0.4) is 0 Å². The fourth-order valence-electron chi connectivity index (χ4n) is 0.870. The van der Waals surface area contributed by atoms with E-state index in [0.717, 1.165) is 6.42 Å². The molecule has 0 saturated carbocycles. The highest BCUT2D eigenvalue weighted by molar-refractivity contribution is 5.61. The average molecular weight is 167 g/mol. The average Bonchev–Trinajstić information content (AvgIpc) is 2.08. The predicted molar refractivity (Wildman–Crippen MR) is 48.3 cm³/mol. The summed E-state index contributed by atoms with van der Waals surface area (Å²) < 4.78 is 5.28. The molecule has 0 amide bonds. The third-order valence-corrected chi connectivity index (χ3v) is 1.50. The third-order valence-electron chi connectivity index (χ3n) is 1.50. The molecule has 12 heavy (non-hydrogen) atoms. The molecule has 0 aliphatic carbocycles. The summed E-state index contributed by atoms with van der Waals surface area (Å²) in [4.78, 5) is 0. The smallest absolute Gasteiger partial charge is 0.145 e. The Morgan fingerprint density at radius 3 is 2.92 bits per heavy atom. The van der Waals surface area contributed by atoms with E-state index in [2.05, 4.69) is 0 Å². The van der Waals surface area contributed by atoms with Gasteiger partial charge in [0, 0.05) is 0 Å². The second-order valence-corrected chi connectivity index (χ2v) is 2.54. The summed E-state index contributed by atoms with van der Waals surface area (Å²) in [6, 6.07) is 4.98. The number of phenolic OH excluding ortho intramolecular Hbond substituents is 1. The first kappa shape index (κ1) is 8.71. The van der Waals surface area contributed by atoms with Gasteiger partial charge >= 0.3 is 0 Å². The molecule has 0 saturated heterocycles. The molecule has 3 nitrogen and oxygen atoms in total. The molecule has 0 heterocycles. The maximum atomic E-state index is 9.19. The maximum Gasteiger partial charge on any atom is 0.145 e. The monoisotopic (exact) mass is 167 g/mol. The van der Waals surface area contributed by atoms with Gasteiger partial charge < -0.3 is 15.6 Å². The second kappa shape index (κ2) is 3.85. The molecule has 0 spiro atoms. The van der Waals surface area contributed by atoms with Gasteiger partial charge in [-0.05, 0) is 18.6 Å². The molecular weight excluding hydrogens is 154 g/mol. The van der Waals surface area contributed by atoms with Crippen molar-refractivity contribution in [1.29, 1.82) is 0 Å². The summed E-state index contributed by atoms with van der Waals surface area (Å²) in [5.74, 6) is 0.625. The lowest BCUT2D eigenvalue weighted by molar-refractivity contribution is 0.317. The van der Waals surface area contributed by atoms with Crippen molar-refractivity contribution < 1.29 is 9.84 Å². The zero-order valence-electron chi connectivity index (χ0n) is 7.08. The largest absolute Gasteiger partial charge is 0.506 e. The zero-order valence-corrected chi connectivity index (χ0v) is 7.08. The standard InChI is InChI=1S/C9H13NO2/c1-2-6-12-8-5-3-4-7(11)9(8)10/h3-5,11H,2,6,10H2,1H3. The Bertz CT molecular complexity index is 261. The summed E-state index contributed by atoms with van der Waals surface area (Å²) in [7, 11) is 0. The normalized spacial score (nSPS) is 9.75. The molecule has 1 aromatic carbocycles. The molecule has 3 N–H and O–H groups in total. The first-order chi connectivity index (χ1) is 5.75. The first-order valence-electron chi connectivity index (χ1n) is 3.96. The molecule has 3 heteroatoms. The van der Waals surface area contributed by atoms with Gasteiger partial charge in [0.2, 0.25) is 0 Å². The van der Waals surface area contributed by atoms with Gasteiger partial charge in [-0.1, -0.05) is 13.0 Å². The topological polar surface area (TPSA) is 55.5 Å². The number of benzene rings is 1. The molecule has 66 valence electrons. The van der Waals surface area contributed by atoms with Crippen molar-refractivity contribution in [2.45, 2.75) is 13.3 Å². The van der Waals surface area contributed by atoms with Gasteiger partial charge in [0.15, 0.2) is 0 Å². The van der Waals surface area contributed by atoms with E-state index in [4.69, 9.17) is 10.5 Å². The number of hydrogen-bond donors (Lipinski definition) is 2. The Labute approximate surface area is 71.8 Å². The molecule has 0 aromatic heterocycles. The summed E-state index contributed by atoms with van der Waals surface area (Å²) in [5.41, 5.74) is 5.86. The van der Waals surface area contributed by atoms with Crippen molar-refractivity contribution in [2.75, 3.05) is 12.3 Å². The minimum Gasteiger partial charge on any atom is -0.506 e. The van der Waals surface area contributed by atoms with Crippen molar-refractivity contribution in [2.24, 2.45) is 0 Å². The van der Waals surface area contributed by atoms with Crippen LogP contribution in [0, 0.1) is 0 Å². The molecule has 0 atom stereocenters. The summed E-state index contributed by atoms with van der Waals surface area (Å²) in [5, 5.41) is 9.19. The second-order valence-electron chi connectivity index (χ2n) is 2.54. The van der Waals surface area contributed by atoms with Crippen LogP contribution >= 0.6 is 0 Å². The van der Waals surface area contributed by atoms with Crippen LogP contribution in [0.4, 0.5) is 5.69 Å².